The van der Waals surface area contributed by atoms with E-state index in [4.69, 9.17) is 4.74 Å². The van der Waals surface area contributed by atoms with E-state index in [-0.39, 0.29) is 12.1 Å². The monoisotopic (exact) mass is 195 g/mol. The van der Waals surface area contributed by atoms with Crippen molar-refractivity contribution in [2.24, 2.45) is 11.8 Å². The van der Waals surface area contributed by atoms with Crippen molar-refractivity contribution in [2.45, 2.75) is 44.9 Å². The van der Waals surface area contributed by atoms with E-state index in [0.29, 0.717) is 24.4 Å². The van der Waals surface area contributed by atoms with Gasteiger partial charge in [-0.05, 0) is 32.1 Å². The Morgan fingerprint density at radius 3 is 2.93 bits per heavy atom. The summed E-state index contributed by atoms with van der Waals surface area (Å²) in [4.78, 5) is 13.8. The van der Waals surface area contributed by atoms with E-state index in [1.165, 1.54) is 6.54 Å². The van der Waals surface area contributed by atoms with Crippen molar-refractivity contribution in [1.82, 2.24) is 4.90 Å². The lowest BCUT2D eigenvalue weighted by molar-refractivity contribution is -0.159. The fourth-order valence-electron chi connectivity index (χ4n) is 3.60. The van der Waals surface area contributed by atoms with Crippen LogP contribution >= 0.6 is 0 Å². The molecule has 3 nitrogen and oxygen atoms in total. The van der Waals surface area contributed by atoms with Crippen LogP contribution in [0.5, 0.6) is 0 Å². The average molecular weight is 195 g/mol. The smallest absolute Gasteiger partial charge is 0.306 e. The van der Waals surface area contributed by atoms with Gasteiger partial charge >= 0.3 is 5.97 Å². The maximum atomic E-state index is 11.3. The number of carbonyl (C=O) groups is 1. The van der Waals surface area contributed by atoms with Gasteiger partial charge in [0.25, 0.3) is 0 Å². The van der Waals surface area contributed by atoms with Crippen LogP contribution in [0.4, 0.5) is 0 Å². The van der Waals surface area contributed by atoms with Gasteiger partial charge in [-0.2, -0.15) is 0 Å². The van der Waals surface area contributed by atoms with Crippen LogP contribution in [0.3, 0.4) is 0 Å². The molecule has 0 spiro atoms. The standard InChI is InChI=1S/C11H17NO2/c1-6(2)12-5-7-3-9-11(12)8(7)4-10(13)14-9/h6-9,11H,3-5H2,1-2H3. The van der Waals surface area contributed by atoms with Crippen LogP contribution in [0.2, 0.25) is 0 Å². The summed E-state index contributed by atoms with van der Waals surface area (Å²) in [7, 11) is 0. The minimum atomic E-state index is 0.0318. The van der Waals surface area contributed by atoms with Gasteiger partial charge in [0.15, 0.2) is 0 Å². The SMILES string of the molecule is CC(C)N1CC2CC3OC(=O)CC2C31. The van der Waals surface area contributed by atoms with Crippen LogP contribution in [0, 0.1) is 11.8 Å². The van der Waals surface area contributed by atoms with E-state index >= 15 is 0 Å². The van der Waals surface area contributed by atoms with E-state index in [0.717, 1.165) is 12.3 Å². The highest BCUT2D eigenvalue weighted by Gasteiger charge is 2.57. The first-order chi connectivity index (χ1) is 6.66. The quantitative estimate of drug-likeness (QED) is 0.585. The molecule has 3 fully saturated rings. The first-order valence-corrected chi connectivity index (χ1v) is 5.62. The first kappa shape index (κ1) is 8.72. The number of hydrogen-bond acceptors (Lipinski definition) is 3. The number of likely N-dealkylation sites (tertiary alicyclic amines) is 1. The van der Waals surface area contributed by atoms with Crippen LogP contribution in [0.15, 0.2) is 0 Å². The van der Waals surface area contributed by atoms with Gasteiger partial charge in [-0.1, -0.05) is 0 Å². The van der Waals surface area contributed by atoms with Crippen molar-refractivity contribution in [2.75, 3.05) is 6.54 Å². The molecule has 2 aliphatic heterocycles. The lowest BCUT2D eigenvalue weighted by Crippen LogP contribution is -2.49. The molecule has 1 aliphatic carbocycles. The van der Waals surface area contributed by atoms with E-state index in [2.05, 4.69) is 18.7 Å². The topological polar surface area (TPSA) is 29.5 Å². The van der Waals surface area contributed by atoms with E-state index in [1.54, 1.807) is 0 Å². The Bertz CT molecular complexity index is 276. The maximum absolute atomic E-state index is 11.3. The largest absolute Gasteiger partial charge is 0.461 e. The van der Waals surface area contributed by atoms with Crippen LogP contribution in [-0.4, -0.2) is 35.6 Å². The summed E-state index contributed by atoms with van der Waals surface area (Å²) in [5, 5.41) is 0. The second-order valence-corrected chi connectivity index (χ2v) is 5.17. The number of ether oxygens (including phenoxy) is 1. The van der Waals surface area contributed by atoms with Gasteiger partial charge < -0.3 is 4.74 Å². The van der Waals surface area contributed by atoms with Gasteiger partial charge in [0.1, 0.15) is 6.10 Å². The van der Waals surface area contributed by atoms with E-state index in [9.17, 15) is 4.79 Å². The fraction of sp³-hybridized carbons (Fsp3) is 0.909. The van der Waals surface area contributed by atoms with Gasteiger partial charge in [-0.3, -0.25) is 9.69 Å². The third kappa shape index (κ3) is 0.991. The molecule has 2 saturated heterocycles. The molecule has 0 radical (unpaired) electrons. The Morgan fingerprint density at radius 1 is 1.50 bits per heavy atom. The van der Waals surface area contributed by atoms with Gasteiger partial charge in [0.05, 0.1) is 12.5 Å². The Morgan fingerprint density at radius 2 is 2.29 bits per heavy atom. The molecule has 3 heteroatoms. The van der Waals surface area contributed by atoms with Crippen molar-refractivity contribution in [3.63, 3.8) is 0 Å². The molecule has 1 saturated carbocycles. The fourth-order valence-corrected chi connectivity index (χ4v) is 3.60. The maximum Gasteiger partial charge on any atom is 0.306 e. The summed E-state index contributed by atoms with van der Waals surface area (Å²) in [6.45, 7) is 5.65. The lowest BCUT2D eigenvalue weighted by atomic mass is 9.94. The molecule has 0 aromatic carbocycles. The molecule has 4 bridgehead atoms. The van der Waals surface area contributed by atoms with E-state index < -0.39 is 0 Å². The van der Waals surface area contributed by atoms with Crippen molar-refractivity contribution in [1.29, 1.82) is 0 Å². The second-order valence-electron chi connectivity index (χ2n) is 5.17. The third-order valence-electron chi connectivity index (χ3n) is 4.14. The molecule has 4 atom stereocenters. The Labute approximate surface area is 84.4 Å². The second kappa shape index (κ2) is 2.72. The molecule has 3 aliphatic rings. The molecule has 2 heterocycles. The molecule has 0 aromatic heterocycles. The predicted molar refractivity (Wildman–Crippen MR) is 51.7 cm³/mol. The molecule has 78 valence electrons. The molecular weight excluding hydrogens is 178 g/mol. The highest BCUT2D eigenvalue weighted by molar-refractivity contribution is 5.71. The zero-order chi connectivity index (χ0) is 9.87. The number of hydrogen-bond donors (Lipinski definition) is 0. The van der Waals surface area contributed by atoms with Crippen LogP contribution in [0.1, 0.15) is 26.7 Å². The minimum absolute atomic E-state index is 0.0318. The van der Waals surface area contributed by atoms with E-state index in [1.807, 2.05) is 0 Å². The predicted octanol–water partition coefficient (Wildman–Crippen LogP) is 1.03. The molecule has 0 N–H and O–H groups in total. The molecule has 3 rings (SSSR count). The molecule has 0 amide bonds. The Balaban J connectivity index is 1.87. The van der Waals surface area contributed by atoms with Crippen molar-refractivity contribution in [3.8, 4) is 0 Å². The molecule has 14 heavy (non-hydrogen) atoms. The number of esters is 1. The highest BCUT2D eigenvalue weighted by atomic mass is 16.5. The van der Waals surface area contributed by atoms with Crippen LogP contribution in [-0.2, 0) is 9.53 Å². The van der Waals surface area contributed by atoms with Crippen molar-refractivity contribution < 1.29 is 9.53 Å². The lowest BCUT2D eigenvalue weighted by Gasteiger charge is -2.37. The number of rotatable bonds is 1. The van der Waals surface area contributed by atoms with Crippen LogP contribution < -0.4 is 0 Å². The summed E-state index contributed by atoms with van der Waals surface area (Å²) in [5.41, 5.74) is 0. The first-order valence-electron chi connectivity index (χ1n) is 5.62. The number of piperidine rings is 1. The summed E-state index contributed by atoms with van der Waals surface area (Å²) in [6, 6.07) is 1.13. The molecule has 4 unspecified atom stereocenters. The van der Waals surface area contributed by atoms with Gasteiger partial charge in [0, 0.05) is 12.6 Å². The number of nitrogens with zero attached hydrogens (tertiary/aromatic N) is 1. The summed E-state index contributed by atoms with van der Waals surface area (Å²) >= 11 is 0. The zero-order valence-electron chi connectivity index (χ0n) is 8.77. The molecule has 0 aromatic rings. The summed E-state index contributed by atoms with van der Waals surface area (Å²) < 4.78 is 5.41. The van der Waals surface area contributed by atoms with Crippen molar-refractivity contribution >= 4 is 5.97 Å². The van der Waals surface area contributed by atoms with Gasteiger partial charge in [-0.15, -0.1) is 0 Å². The van der Waals surface area contributed by atoms with Crippen molar-refractivity contribution in [3.05, 3.63) is 0 Å². The minimum Gasteiger partial charge on any atom is -0.461 e. The zero-order valence-corrected chi connectivity index (χ0v) is 8.77. The number of carbonyl (C=O) groups excluding carboxylic acids is 1. The molecular formula is C11H17NO2. The van der Waals surface area contributed by atoms with Gasteiger partial charge in [0.2, 0.25) is 0 Å². The Hall–Kier alpha value is -0.570. The summed E-state index contributed by atoms with van der Waals surface area (Å²) in [5.74, 6) is 1.35. The summed E-state index contributed by atoms with van der Waals surface area (Å²) in [6.07, 6.45) is 1.99. The third-order valence-corrected chi connectivity index (χ3v) is 4.14. The normalized spacial score (nSPS) is 46.1. The average Bonchev–Trinajstić information content (AvgIpc) is 2.55. The highest BCUT2D eigenvalue weighted by Crippen LogP contribution is 2.49. The van der Waals surface area contributed by atoms with Crippen LogP contribution in [0.25, 0.3) is 0 Å². The van der Waals surface area contributed by atoms with Gasteiger partial charge in [-0.25, -0.2) is 0 Å². The Kier molecular flexibility index (Phi) is 1.69.